The van der Waals surface area contributed by atoms with E-state index in [0.29, 0.717) is 16.7 Å². The van der Waals surface area contributed by atoms with Crippen molar-refractivity contribution in [3.05, 3.63) is 29.6 Å². The summed E-state index contributed by atoms with van der Waals surface area (Å²) in [7, 11) is 0. The highest BCUT2D eigenvalue weighted by atomic mass is 19.1. The van der Waals surface area contributed by atoms with Crippen LogP contribution in [0, 0.1) is 11.2 Å². The number of hydrogen-bond acceptors (Lipinski definition) is 2. The van der Waals surface area contributed by atoms with E-state index >= 15 is 0 Å². The van der Waals surface area contributed by atoms with Crippen LogP contribution >= 0.6 is 0 Å². The lowest BCUT2D eigenvalue weighted by Crippen LogP contribution is -2.41. The molecule has 1 aliphatic heterocycles. The fraction of sp³-hybridized carbons (Fsp3) is 0.667. The molecule has 21 heavy (non-hydrogen) atoms. The molecule has 1 aliphatic carbocycles. The Morgan fingerprint density at radius 3 is 2.33 bits per heavy atom. The second-order valence-electron chi connectivity index (χ2n) is 6.93. The average Bonchev–Trinajstić information content (AvgIpc) is 2.49. The van der Waals surface area contributed by atoms with E-state index < -0.39 is 6.10 Å². The van der Waals surface area contributed by atoms with Crippen molar-refractivity contribution in [3.8, 4) is 0 Å². The molecule has 2 nitrogen and oxygen atoms in total. The largest absolute Gasteiger partial charge is 0.389 e. The minimum Gasteiger partial charge on any atom is -0.389 e. The Morgan fingerprint density at radius 1 is 1.10 bits per heavy atom. The van der Waals surface area contributed by atoms with Crippen LogP contribution in [-0.4, -0.2) is 18.2 Å². The molecule has 2 fully saturated rings. The summed E-state index contributed by atoms with van der Waals surface area (Å²) in [6, 6.07) is 5.15. The number of aliphatic hydroxyl groups is 1. The Balaban J connectivity index is 1.69. The summed E-state index contributed by atoms with van der Waals surface area (Å²) in [5.41, 5.74) is 1.90. The van der Waals surface area contributed by atoms with Gasteiger partial charge in [0.15, 0.2) is 0 Å². The van der Waals surface area contributed by atoms with Gasteiger partial charge < -0.3 is 10.0 Å². The predicted octanol–water partition coefficient (Wildman–Crippen LogP) is 4.43. The highest BCUT2D eigenvalue weighted by Gasteiger charge is 2.35. The lowest BCUT2D eigenvalue weighted by molar-refractivity contribution is 0.144. The smallest absolute Gasteiger partial charge is 0.146 e. The van der Waals surface area contributed by atoms with Gasteiger partial charge in [-0.2, -0.15) is 0 Å². The normalized spacial score (nSPS) is 23.3. The second-order valence-corrected chi connectivity index (χ2v) is 6.93. The first-order chi connectivity index (χ1) is 10.1. The topological polar surface area (TPSA) is 23.5 Å². The number of nitrogens with zero attached hydrogens (tertiary/aromatic N) is 1. The fourth-order valence-electron chi connectivity index (χ4n) is 4.06. The maximum Gasteiger partial charge on any atom is 0.146 e. The molecule has 3 heteroatoms. The number of piperidine rings is 1. The van der Waals surface area contributed by atoms with Crippen molar-refractivity contribution in [2.24, 2.45) is 5.41 Å². The first-order valence-corrected chi connectivity index (χ1v) is 8.32. The van der Waals surface area contributed by atoms with Gasteiger partial charge in [-0.05, 0) is 55.7 Å². The van der Waals surface area contributed by atoms with E-state index in [1.807, 2.05) is 12.1 Å². The van der Waals surface area contributed by atoms with Crippen molar-refractivity contribution in [2.75, 3.05) is 18.0 Å². The van der Waals surface area contributed by atoms with Gasteiger partial charge in [-0.25, -0.2) is 4.39 Å². The van der Waals surface area contributed by atoms with E-state index in [4.69, 9.17) is 0 Å². The van der Waals surface area contributed by atoms with Gasteiger partial charge in [-0.3, -0.25) is 0 Å². The predicted molar refractivity (Wildman–Crippen MR) is 84.0 cm³/mol. The van der Waals surface area contributed by atoms with E-state index in [0.717, 1.165) is 13.1 Å². The molecule has 0 aromatic heterocycles. The Kier molecular flexibility index (Phi) is 4.21. The van der Waals surface area contributed by atoms with Crippen molar-refractivity contribution in [1.82, 2.24) is 0 Å². The van der Waals surface area contributed by atoms with Gasteiger partial charge in [0.1, 0.15) is 5.82 Å². The first kappa shape index (κ1) is 14.8. The zero-order valence-electron chi connectivity index (χ0n) is 12.9. The summed E-state index contributed by atoms with van der Waals surface area (Å²) in [5.74, 6) is -0.201. The van der Waals surface area contributed by atoms with Gasteiger partial charge in [-0.15, -0.1) is 0 Å². The van der Waals surface area contributed by atoms with Gasteiger partial charge in [0.2, 0.25) is 0 Å². The Bertz CT molecular complexity index is 484. The zero-order chi connectivity index (χ0) is 14.9. The molecule has 1 aromatic carbocycles. The highest BCUT2D eigenvalue weighted by Crippen LogP contribution is 2.45. The summed E-state index contributed by atoms with van der Waals surface area (Å²) in [6.07, 6.45) is 8.65. The van der Waals surface area contributed by atoms with Gasteiger partial charge >= 0.3 is 0 Å². The van der Waals surface area contributed by atoms with Crippen molar-refractivity contribution >= 4 is 5.69 Å². The lowest BCUT2D eigenvalue weighted by Gasteiger charge is -2.45. The Hall–Kier alpha value is -1.09. The van der Waals surface area contributed by atoms with Crippen LogP contribution in [0.15, 0.2) is 18.2 Å². The van der Waals surface area contributed by atoms with Crippen molar-refractivity contribution in [3.63, 3.8) is 0 Å². The quantitative estimate of drug-likeness (QED) is 0.871. The molecular weight excluding hydrogens is 265 g/mol. The summed E-state index contributed by atoms with van der Waals surface area (Å²) in [5, 5.41) is 9.54. The van der Waals surface area contributed by atoms with Crippen molar-refractivity contribution in [1.29, 1.82) is 0 Å². The highest BCUT2D eigenvalue weighted by molar-refractivity contribution is 5.50. The van der Waals surface area contributed by atoms with E-state index in [9.17, 15) is 9.50 Å². The molecule has 0 bridgehead atoms. The zero-order valence-corrected chi connectivity index (χ0v) is 12.9. The number of aliphatic hydroxyl groups excluding tert-OH is 1. The van der Waals surface area contributed by atoms with E-state index in [2.05, 4.69) is 4.90 Å². The van der Waals surface area contributed by atoms with E-state index in [1.54, 1.807) is 6.92 Å². The molecule has 116 valence electrons. The second kappa shape index (κ2) is 5.96. The summed E-state index contributed by atoms with van der Waals surface area (Å²) < 4.78 is 14.3. The third-order valence-electron chi connectivity index (χ3n) is 5.53. The van der Waals surface area contributed by atoms with Crippen LogP contribution in [0.25, 0.3) is 0 Å². The molecule has 1 atom stereocenters. The molecule has 3 rings (SSSR count). The first-order valence-electron chi connectivity index (χ1n) is 8.32. The van der Waals surface area contributed by atoms with Gasteiger partial charge in [-0.1, -0.05) is 25.3 Å². The minimum atomic E-state index is -0.611. The Morgan fingerprint density at radius 2 is 1.76 bits per heavy atom. The number of halogens is 1. The third-order valence-corrected chi connectivity index (χ3v) is 5.53. The molecule has 1 heterocycles. The molecule has 0 radical (unpaired) electrons. The summed E-state index contributed by atoms with van der Waals surface area (Å²) in [4.78, 5) is 2.18. The molecule has 2 aliphatic rings. The number of benzene rings is 1. The van der Waals surface area contributed by atoms with Crippen LogP contribution in [0.2, 0.25) is 0 Å². The third kappa shape index (κ3) is 3.08. The van der Waals surface area contributed by atoms with Crippen LogP contribution < -0.4 is 4.90 Å². The SMILES string of the molecule is C[C@H](O)c1ccc(N2CCC3(CCCCC3)CC2)c(F)c1. The van der Waals surface area contributed by atoms with Crippen LogP contribution in [0.3, 0.4) is 0 Å². The summed E-state index contributed by atoms with van der Waals surface area (Å²) in [6.45, 7) is 3.60. The molecule has 1 saturated heterocycles. The van der Waals surface area contributed by atoms with Gasteiger partial charge in [0.25, 0.3) is 0 Å². The molecule has 1 aromatic rings. The molecular formula is C18H26FNO. The average molecular weight is 291 g/mol. The minimum absolute atomic E-state index is 0.201. The monoisotopic (exact) mass is 291 g/mol. The van der Waals surface area contributed by atoms with Crippen LogP contribution in [0.4, 0.5) is 10.1 Å². The standard InChI is InChI=1S/C18H26FNO/c1-14(21)15-5-6-17(16(19)13-15)20-11-9-18(10-12-20)7-3-2-4-8-18/h5-6,13-14,21H,2-4,7-12H2,1H3/t14-/m0/s1. The van der Waals surface area contributed by atoms with Crippen molar-refractivity contribution in [2.45, 2.75) is 58.0 Å². The Labute approximate surface area is 127 Å². The van der Waals surface area contributed by atoms with Crippen LogP contribution in [-0.2, 0) is 0 Å². The van der Waals surface area contributed by atoms with Gasteiger partial charge in [0.05, 0.1) is 11.8 Å². The van der Waals surface area contributed by atoms with Crippen molar-refractivity contribution < 1.29 is 9.50 Å². The van der Waals surface area contributed by atoms with E-state index in [-0.39, 0.29) is 5.82 Å². The molecule has 1 saturated carbocycles. The number of anilines is 1. The molecule has 0 amide bonds. The number of hydrogen-bond donors (Lipinski definition) is 1. The van der Waals surface area contributed by atoms with Gasteiger partial charge in [0, 0.05) is 13.1 Å². The van der Waals surface area contributed by atoms with E-state index in [1.165, 1.54) is 51.0 Å². The fourth-order valence-corrected chi connectivity index (χ4v) is 4.06. The molecule has 0 unspecified atom stereocenters. The maximum absolute atomic E-state index is 14.3. The van der Waals surface area contributed by atoms with Crippen LogP contribution in [0.5, 0.6) is 0 Å². The maximum atomic E-state index is 14.3. The molecule has 1 N–H and O–H groups in total. The number of rotatable bonds is 2. The molecule has 1 spiro atoms. The van der Waals surface area contributed by atoms with Crippen LogP contribution in [0.1, 0.15) is 63.5 Å². The summed E-state index contributed by atoms with van der Waals surface area (Å²) >= 11 is 0. The lowest BCUT2D eigenvalue weighted by atomic mass is 9.68.